The molecule has 1 heterocycles. The number of hydrogen-bond donors (Lipinski definition) is 0. The predicted molar refractivity (Wildman–Crippen MR) is 162 cm³/mol. The van der Waals surface area contributed by atoms with Gasteiger partial charge in [0.15, 0.2) is 0 Å². The molecule has 0 aliphatic carbocycles. The third kappa shape index (κ3) is 4.41. The molecule has 0 unspecified atom stereocenters. The summed E-state index contributed by atoms with van der Waals surface area (Å²) in [5.41, 5.74) is 9.04. The van der Waals surface area contributed by atoms with Crippen LogP contribution in [-0.4, -0.2) is 0 Å². The van der Waals surface area contributed by atoms with Crippen molar-refractivity contribution in [1.82, 2.24) is 0 Å². The van der Waals surface area contributed by atoms with Crippen LogP contribution in [0.4, 0.5) is 0 Å². The quantitative estimate of drug-likeness (QED) is 0.229. The van der Waals surface area contributed by atoms with E-state index in [1.807, 2.05) is 11.3 Å². The Morgan fingerprint density at radius 1 is 0.459 bits per heavy atom. The molecule has 5 aromatic carbocycles. The van der Waals surface area contributed by atoms with Crippen molar-refractivity contribution in [1.29, 1.82) is 0 Å². The van der Waals surface area contributed by atoms with Crippen LogP contribution in [0.2, 0.25) is 0 Å². The largest absolute Gasteiger partial charge is 0.134 e. The van der Waals surface area contributed by atoms with Crippen molar-refractivity contribution in [3.8, 4) is 43.1 Å². The standard InChI is InChI=1S/C36H30S/c1-36(2,3)28-22-23-31-32(24-28)34(27-18-11-6-12-19-27)37-35(31)33-29(25-14-7-4-8-15-25)20-13-21-30(33)26-16-9-5-10-17-26/h4-24H,1-3H3. The summed E-state index contributed by atoms with van der Waals surface area (Å²) in [5.74, 6) is 0. The second kappa shape index (κ2) is 9.50. The Bertz CT molecular complexity index is 1610. The van der Waals surface area contributed by atoms with E-state index in [0.717, 1.165) is 0 Å². The van der Waals surface area contributed by atoms with Crippen LogP contribution in [0.3, 0.4) is 0 Å². The molecule has 180 valence electrons. The second-order valence-electron chi connectivity index (χ2n) is 10.6. The molecular weight excluding hydrogens is 464 g/mol. The van der Waals surface area contributed by atoms with Gasteiger partial charge in [-0.25, -0.2) is 0 Å². The van der Waals surface area contributed by atoms with Gasteiger partial charge in [-0.15, -0.1) is 11.3 Å². The van der Waals surface area contributed by atoms with Crippen LogP contribution in [0, 0.1) is 0 Å². The first-order chi connectivity index (χ1) is 18.0. The molecule has 0 N–H and O–H groups in total. The second-order valence-corrected chi connectivity index (χ2v) is 11.6. The molecule has 0 bridgehead atoms. The van der Waals surface area contributed by atoms with Gasteiger partial charge < -0.3 is 0 Å². The van der Waals surface area contributed by atoms with Gasteiger partial charge >= 0.3 is 0 Å². The van der Waals surface area contributed by atoms with E-state index < -0.39 is 0 Å². The van der Waals surface area contributed by atoms with Gasteiger partial charge in [0.1, 0.15) is 0 Å². The number of hydrogen-bond acceptors (Lipinski definition) is 1. The molecule has 0 nitrogen and oxygen atoms in total. The van der Waals surface area contributed by atoms with Gasteiger partial charge in [0, 0.05) is 26.1 Å². The van der Waals surface area contributed by atoms with Gasteiger partial charge in [-0.05, 0) is 44.9 Å². The van der Waals surface area contributed by atoms with Crippen LogP contribution >= 0.6 is 11.3 Å². The van der Waals surface area contributed by atoms with Crippen molar-refractivity contribution in [3.63, 3.8) is 0 Å². The summed E-state index contributed by atoms with van der Waals surface area (Å²) in [6, 6.07) is 46.3. The molecule has 6 rings (SSSR count). The molecule has 0 saturated heterocycles. The lowest BCUT2D eigenvalue weighted by atomic mass is 9.85. The maximum absolute atomic E-state index is 2.42. The molecule has 0 aliphatic heterocycles. The van der Waals surface area contributed by atoms with Gasteiger partial charge in [0.05, 0.1) is 0 Å². The zero-order chi connectivity index (χ0) is 25.4. The highest BCUT2D eigenvalue weighted by Gasteiger charge is 2.22. The van der Waals surface area contributed by atoms with E-state index in [-0.39, 0.29) is 5.41 Å². The molecule has 0 fully saturated rings. The van der Waals surface area contributed by atoms with E-state index in [9.17, 15) is 0 Å². The Hall–Kier alpha value is -3.94. The monoisotopic (exact) mass is 494 g/mol. The Labute approximate surface area is 223 Å². The van der Waals surface area contributed by atoms with E-state index in [2.05, 4.69) is 148 Å². The van der Waals surface area contributed by atoms with Crippen LogP contribution in [0.15, 0.2) is 127 Å². The summed E-state index contributed by atoms with van der Waals surface area (Å²) in [6.45, 7) is 6.88. The smallest absolute Gasteiger partial charge is 0.0440 e. The minimum Gasteiger partial charge on any atom is -0.134 e. The maximum Gasteiger partial charge on any atom is 0.0440 e. The normalized spacial score (nSPS) is 11.6. The fourth-order valence-corrected chi connectivity index (χ4v) is 6.46. The SMILES string of the molecule is CC(C)(C)c1ccc2c(-c3c(-c4ccccc4)cccc3-c3ccccc3)sc(-c3ccccc3)c2c1. The van der Waals surface area contributed by atoms with E-state index in [1.54, 1.807) is 0 Å². The first kappa shape index (κ1) is 23.5. The lowest BCUT2D eigenvalue weighted by Gasteiger charge is -2.19. The van der Waals surface area contributed by atoms with Crippen molar-refractivity contribution in [2.24, 2.45) is 0 Å². The van der Waals surface area contributed by atoms with Crippen LogP contribution < -0.4 is 0 Å². The molecule has 1 aromatic heterocycles. The van der Waals surface area contributed by atoms with Gasteiger partial charge in [-0.3, -0.25) is 0 Å². The minimum absolute atomic E-state index is 0.0847. The molecule has 1 heteroatoms. The lowest BCUT2D eigenvalue weighted by Crippen LogP contribution is -2.10. The topological polar surface area (TPSA) is 0 Å². The molecule has 0 aliphatic rings. The maximum atomic E-state index is 2.42. The van der Waals surface area contributed by atoms with E-state index >= 15 is 0 Å². The molecular formula is C36H30S. The average Bonchev–Trinajstić information content (AvgIpc) is 3.32. The molecule has 37 heavy (non-hydrogen) atoms. The summed E-state index contributed by atoms with van der Waals surface area (Å²) in [5, 5.41) is 2.65. The van der Waals surface area contributed by atoms with Gasteiger partial charge in [0.25, 0.3) is 0 Å². The van der Waals surface area contributed by atoms with Crippen LogP contribution in [-0.2, 0) is 5.41 Å². The Kier molecular flexibility index (Phi) is 6.02. The number of benzene rings is 5. The molecule has 6 aromatic rings. The predicted octanol–water partition coefficient (Wildman–Crippen LogP) is 10.9. The van der Waals surface area contributed by atoms with Crippen LogP contribution in [0.1, 0.15) is 26.3 Å². The van der Waals surface area contributed by atoms with E-state index in [4.69, 9.17) is 0 Å². The fourth-order valence-electron chi connectivity index (χ4n) is 5.11. The third-order valence-corrected chi connectivity index (χ3v) is 8.36. The molecule has 0 atom stereocenters. The molecule has 0 saturated carbocycles. The van der Waals surface area contributed by atoms with Gasteiger partial charge in [-0.2, -0.15) is 0 Å². The highest BCUT2D eigenvalue weighted by atomic mass is 32.1. The summed E-state index contributed by atoms with van der Waals surface area (Å²) >= 11 is 1.92. The highest BCUT2D eigenvalue weighted by molar-refractivity contribution is 7.21. The van der Waals surface area contributed by atoms with Crippen molar-refractivity contribution in [2.45, 2.75) is 26.2 Å². The van der Waals surface area contributed by atoms with E-state index in [1.165, 1.54) is 59.5 Å². The van der Waals surface area contributed by atoms with Gasteiger partial charge in [-0.1, -0.05) is 142 Å². The Balaban J connectivity index is 1.72. The molecule has 0 radical (unpaired) electrons. The fraction of sp³-hybridized carbons (Fsp3) is 0.111. The summed E-state index contributed by atoms with van der Waals surface area (Å²) in [4.78, 5) is 2.66. The first-order valence-corrected chi connectivity index (χ1v) is 13.7. The summed E-state index contributed by atoms with van der Waals surface area (Å²) in [6.07, 6.45) is 0. The Morgan fingerprint density at radius 2 is 0.973 bits per heavy atom. The number of thiophene rings is 1. The van der Waals surface area contributed by atoms with Crippen molar-refractivity contribution in [2.75, 3.05) is 0 Å². The van der Waals surface area contributed by atoms with Crippen molar-refractivity contribution < 1.29 is 0 Å². The average molecular weight is 495 g/mol. The minimum atomic E-state index is 0.0847. The number of rotatable bonds is 4. The van der Waals surface area contributed by atoms with Crippen LogP contribution in [0.25, 0.3) is 53.9 Å². The zero-order valence-corrected chi connectivity index (χ0v) is 22.3. The zero-order valence-electron chi connectivity index (χ0n) is 21.5. The van der Waals surface area contributed by atoms with Crippen LogP contribution in [0.5, 0.6) is 0 Å². The van der Waals surface area contributed by atoms with Crippen molar-refractivity contribution >= 4 is 22.1 Å². The highest BCUT2D eigenvalue weighted by Crippen LogP contribution is 2.50. The molecule has 0 amide bonds. The Morgan fingerprint density at radius 3 is 1.49 bits per heavy atom. The van der Waals surface area contributed by atoms with E-state index in [0.29, 0.717) is 0 Å². The lowest BCUT2D eigenvalue weighted by molar-refractivity contribution is 0.591. The molecule has 0 spiro atoms. The van der Waals surface area contributed by atoms with Gasteiger partial charge in [0.2, 0.25) is 0 Å². The van der Waals surface area contributed by atoms with Crippen molar-refractivity contribution in [3.05, 3.63) is 133 Å². The summed E-state index contributed by atoms with van der Waals surface area (Å²) in [7, 11) is 0. The summed E-state index contributed by atoms with van der Waals surface area (Å²) < 4.78 is 0. The number of fused-ring (bicyclic) bond motifs is 1. The first-order valence-electron chi connectivity index (χ1n) is 12.9. The third-order valence-electron chi connectivity index (χ3n) is 7.08.